The fourth-order valence-electron chi connectivity index (χ4n) is 2.90. The number of amides is 1. The predicted octanol–water partition coefficient (Wildman–Crippen LogP) is 1.45. The van der Waals surface area contributed by atoms with Crippen molar-refractivity contribution in [1.82, 2.24) is 5.32 Å². The molecule has 1 fully saturated rings. The van der Waals surface area contributed by atoms with Gasteiger partial charge in [-0.15, -0.1) is 0 Å². The van der Waals surface area contributed by atoms with Crippen molar-refractivity contribution >= 4 is 11.9 Å². The average Bonchev–Trinajstić information content (AvgIpc) is 2.46. The first-order valence-corrected chi connectivity index (χ1v) is 7.37. The number of carbonyl (C=O) groups is 2. The van der Waals surface area contributed by atoms with Crippen molar-refractivity contribution in [2.75, 3.05) is 0 Å². The first-order chi connectivity index (χ1) is 10.1. The van der Waals surface area contributed by atoms with Crippen molar-refractivity contribution in [2.24, 2.45) is 11.7 Å². The molecule has 5 heteroatoms. The van der Waals surface area contributed by atoms with E-state index in [-0.39, 0.29) is 18.2 Å². The standard InChI is InChI=1S/C16H22N2O3/c17-16(21)11-5-7-14(8-6-11)18-10-13-4-2-1-3-12(13)9-15(19)20/h1-4,11,14,18H,5-10H2,(H2,17,21)(H,19,20). The number of hydrogen-bond acceptors (Lipinski definition) is 3. The maximum absolute atomic E-state index is 11.1. The number of aliphatic carboxylic acids is 1. The zero-order valence-electron chi connectivity index (χ0n) is 12.0. The summed E-state index contributed by atoms with van der Waals surface area (Å²) in [7, 11) is 0. The number of benzene rings is 1. The average molecular weight is 290 g/mol. The second-order valence-electron chi connectivity index (χ2n) is 5.67. The second kappa shape index (κ2) is 7.22. The molecule has 1 aliphatic carbocycles. The van der Waals surface area contributed by atoms with Crippen molar-refractivity contribution < 1.29 is 14.7 Å². The number of carboxylic acids is 1. The summed E-state index contributed by atoms with van der Waals surface area (Å²) < 4.78 is 0. The summed E-state index contributed by atoms with van der Waals surface area (Å²) >= 11 is 0. The lowest BCUT2D eigenvalue weighted by Crippen LogP contribution is -2.36. The summed E-state index contributed by atoms with van der Waals surface area (Å²) in [5.41, 5.74) is 7.20. The van der Waals surface area contributed by atoms with Crippen LogP contribution in [0.3, 0.4) is 0 Å². The molecule has 1 saturated carbocycles. The smallest absolute Gasteiger partial charge is 0.307 e. The Morgan fingerprint density at radius 1 is 1.14 bits per heavy atom. The van der Waals surface area contributed by atoms with E-state index in [1.165, 1.54) is 0 Å². The van der Waals surface area contributed by atoms with E-state index >= 15 is 0 Å². The summed E-state index contributed by atoms with van der Waals surface area (Å²) in [5, 5.41) is 12.4. The first kappa shape index (κ1) is 15.5. The van der Waals surface area contributed by atoms with Crippen LogP contribution in [0.25, 0.3) is 0 Å². The van der Waals surface area contributed by atoms with Gasteiger partial charge < -0.3 is 16.2 Å². The molecule has 114 valence electrons. The summed E-state index contributed by atoms with van der Waals surface area (Å²) in [6, 6.07) is 7.97. The maximum Gasteiger partial charge on any atom is 0.307 e. The monoisotopic (exact) mass is 290 g/mol. The van der Waals surface area contributed by atoms with Crippen molar-refractivity contribution in [3.8, 4) is 0 Å². The van der Waals surface area contributed by atoms with E-state index in [2.05, 4.69) is 5.32 Å². The molecule has 0 aliphatic heterocycles. The topological polar surface area (TPSA) is 92.4 Å². The van der Waals surface area contributed by atoms with Crippen LogP contribution in [0.1, 0.15) is 36.8 Å². The molecule has 2 rings (SSSR count). The summed E-state index contributed by atoms with van der Waals surface area (Å²) in [5.74, 6) is -0.994. The molecule has 0 atom stereocenters. The fraction of sp³-hybridized carbons (Fsp3) is 0.500. The van der Waals surface area contributed by atoms with Gasteiger partial charge in [0.25, 0.3) is 0 Å². The van der Waals surface area contributed by atoms with Gasteiger partial charge in [-0.3, -0.25) is 9.59 Å². The van der Waals surface area contributed by atoms with E-state index in [9.17, 15) is 9.59 Å². The lowest BCUT2D eigenvalue weighted by molar-refractivity contribution is -0.136. The Morgan fingerprint density at radius 2 is 1.76 bits per heavy atom. The van der Waals surface area contributed by atoms with Crippen LogP contribution in [0, 0.1) is 5.92 Å². The van der Waals surface area contributed by atoms with Crippen LogP contribution in [0.15, 0.2) is 24.3 Å². The lowest BCUT2D eigenvalue weighted by Gasteiger charge is -2.27. The van der Waals surface area contributed by atoms with Crippen molar-refractivity contribution in [2.45, 2.75) is 44.7 Å². The molecular weight excluding hydrogens is 268 g/mol. The maximum atomic E-state index is 11.1. The van der Waals surface area contributed by atoms with Crippen LogP contribution in [-0.4, -0.2) is 23.0 Å². The van der Waals surface area contributed by atoms with Crippen LogP contribution in [0.4, 0.5) is 0 Å². The van der Waals surface area contributed by atoms with E-state index in [0.717, 1.165) is 36.8 Å². The normalized spacial score (nSPS) is 21.9. The first-order valence-electron chi connectivity index (χ1n) is 7.37. The molecule has 21 heavy (non-hydrogen) atoms. The number of nitrogens with one attached hydrogen (secondary N) is 1. The van der Waals surface area contributed by atoms with Crippen LogP contribution >= 0.6 is 0 Å². The number of primary amides is 1. The molecule has 1 amide bonds. The molecule has 4 N–H and O–H groups in total. The summed E-state index contributed by atoms with van der Waals surface area (Å²) in [6.45, 7) is 0.662. The van der Waals surface area contributed by atoms with E-state index in [1.54, 1.807) is 0 Å². The molecule has 0 radical (unpaired) electrons. The quantitative estimate of drug-likeness (QED) is 0.739. The number of carboxylic acid groups (broad SMARTS) is 1. The molecular formula is C16H22N2O3. The van der Waals surface area contributed by atoms with Gasteiger partial charge in [0.15, 0.2) is 0 Å². The lowest BCUT2D eigenvalue weighted by atomic mass is 9.85. The summed E-state index contributed by atoms with van der Waals surface area (Å²) in [4.78, 5) is 22.0. The van der Waals surface area contributed by atoms with Gasteiger partial charge in [-0.25, -0.2) is 0 Å². The Labute approximate surface area is 124 Å². The van der Waals surface area contributed by atoms with Gasteiger partial charge in [-0.05, 0) is 36.8 Å². The molecule has 0 aromatic heterocycles. The molecule has 0 unspecified atom stereocenters. The van der Waals surface area contributed by atoms with Crippen LogP contribution in [0.2, 0.25) is 0 Å². The SMILES string of the molecule is NC(=O)C1CCC(NCc2ccccc2CC(=O)O)CC1. The molecule has 1 aliphatic rings. The molecule has 5 nitrogen and oxygen atoms in total. The Bertz CT molecular complexity index is 508. The molecule has 0 spiro atoms. The number of hydrogen-bond donors (Lipinski definition) is 3. The highest BCUT2D eigenvalue weighted by molar-refractivity contribution is 5.76. The third-order valence-electron chi connectivity index (χ3n) is 4.17. The Kier molecular flexibility index (Phi) is 5.33. The van der Waals surface area contributed by atoms with Gasteiger partial charge in [0.05, 0.1) is 6.42 Å². The van der Waals surface area contributed by atoms with Gasteiger partial charge in [-0.2, -0.15) is 0 Å². The zero-order valence-corrected chi connectivity index (χ0v) is 12.0. The van der Waals surface area contributed by atoms with Crippen molar-refractivity contribution in [3.63, 3.8) is 0 Å². The molecule has 0 bridgehead atoms. The van der Waals surface area contributed by atoms with Crippen molar-refractivity contribution in [1.29, 1.82) is 0 Å². The Hall–Kier alpha value is -1.88. The summed E-state index contributed by atoms with van der Waals surface area (Å²) in [6.07, 6.45) is 3.60. The van der Waals surface area contributed by atoms with Crippen LogP contribution in [-0.2, 0) is 22.6 Å². The highest BCUT2D eigenvalue weighted by Gasteiger charge is 2.24. The van der Waals surface area contributed by atoms with E-state index in [4.69, 9.17) is 10.8 Å². The zero-order chi connectivity index (χ0) is 15.2. The van der Waals surface area contributed by atoms with E-state index in [0.29, 0.717) is 12.6 Å². The highest BCUT2D eigenvalue weighted by atomic mass is 16.4. The van der Waals surface area contributed by atoms with Crippen LogP contribution in [0.5, 0.6) is 0 Å². The second-order valence-corrected chi connectivity index (χ2v) is 5.67. The van der Waals surface area contributed by atoms with Gasteiger partial charge in [-0.1, -0.05) is 24.3 Å². The van der Waals surface area contributed by atoms with Gasteiger partial charge in [0.1, 0.15) is 0 Å². The van der Waals surface area contributed by atoms with Gasteiger partial charge in [0, 0.05) is 18.5 Å². The third kappa shape index (κ3) is 4.56. The fourth-order valence-corrected chi connectivity index (χ4v) is 2.90. The minimum Gasteiger partial charge on any atom is -0.481 e. The molecule has 0 saturated heterocycles. The minimum absolute atomic E-state index is 0.0161. The van der Waals surface area contributed by atoms with E-state index < -0.39 is 5.97 Å². The number of carbonyl (C=O) groups excluding carboxylic acids is 1. The largest absolute Gasteiger partial charge is 0.481 e. The Morgan fingerprint density at radius 3 is 2.33 bits per heavy atom. The molecule has 0 heterocycles. The van der Waals surface area contributed by atoms with Crippen LogP contribution < -0.4 is 11.1 Å². The van der Waals surface area contributed by atoms with Gasteiger partial charge in [0.2, 0.25) is 5.91 Å². The van der Waals surface area contributed by atoms with E-state index in [1.807, 2.05) is 24.3 Å². The van der Waals surface area contributed by atoms with Gasteiger partial charge >= 0.3 is 5.97 Å². The molecule has 1 aromatic carbocycles. The molecule has 1 aromatic rings. The minimum atomic E-state index is -0.815. The highest BCUT2D eigenvalue weighted by Crippen LogP contribution is 2.24. The number of nitrogens with two attached hydrogens (primary N) is 1. The predicted molar refractivity (Wildman–Crippen MR) is 79.6 cm³/mol. The Balaban J connectivity index is 1.86. The van der Waals surface area contributed by atoms with Crippen molar-refractivity contribution in [3.05, 3.63) is 35.4 Å². The third-order valence-corrected chi connectivity index (χ3v) is 4.17. The number of rotatable bonds is 6.